The van der Waals surface area contributed by atoms with Gasteiger partial charge in [-0.3, -0.25) is 29.6 Å². The number of benzene rings is 1. The van der Waals surface area contributed by atoms with Gasteiger partial charge in [0.05, 0.1) is 44.0 Å². The van der Waals surface area contributed by atoms with Gasteiger partial charge in [-0.05, 0) is 81.2 Å². The second-order valence-electron chi connectivity index (χ2n) is 13.7. The molecule has 3 heterocycles. The molecule has 1 aliphatic heterocycles. The maximum absolute atomic E-state index is 13.5. The van der Waals surface area contributed by atoms with Gasteiger partial charge < -0.3 is 20.7 Å². The normalized spacial score (nSPS) is 21.1. The summed E-state index contributed by atoms with van der Waals surface area (Å²) < 4.78 is 37.0. The summed E-state index contributed by atoms with van der Waals surface area (Å²) in [5.41, 5.74) is 9.27. The number of ether oxygens (including phenoxy) is 1. The number of piperidine rings is 1. The lowest BCUT2D eigenvalue weighted by molar-refractivity contribution is 0.169. The number of pyridine rings is 1. The van der Waals surface area contributed by atoms with Crippen molar-refractivity contribution in [3.05, 3.63) is 83.4 Å². The second kappa shape index (κ2) is 16.6. The predicted molar refractivity (Wildman–Crippen MR) is 199 cm³/mol. The Balaban J connectivity index is 1.29. The van der Waals surface area contributed by atoms with Gasteiger partial charge in [-0.1, -0.05) is 38.1 Å². The molecule has 1 fully saturated rings. The molecule has 1 saturated heterocycles. The lowest BCUT2D eigenvalue weighted by Gasteiger charge is -2.41. The van der Waals surface area contributed by atoms with E-state index in [1.54, 1.807) is 35.2 Å². The molecule has 3 aromatic rings. The van der Waals surface area contributed by atoms with E-state index >= 15 is 0 Å². The van der Waals surface area contributed by atoms with E-state index in [4.69, 9.17) is 25.5 Å². The number of aromatic nitrogens is 3. The van der Waals surface area contributed by atoms with Crippen LogP contribution in [0.2, 0.25) is 0 Å². The zero-order valence-electron chi connectivity index (χ0n) is 30.4. The van der Waals surface area contributed by atoms with E-state index < -0.39 is 16.1 Å². The predicted octanol–water partition coefficient (Wildman–Crippen LogP) is 4.67. The first kappa shape index (κ1) is 38.3. The number of amides is 2. The summed E-state index contributed by atoms with van der Waals surface area (Å²) in [4.78, 5) is 20.1. The van der Waals surface area contributed by atoms with E-state index in [9.17, 15) is 13.2 Å². The highest BCUT2D eigenvalue weighted by Crippen LogP contribution is 2.38. The van der Waals surface area contributed by atoms with Crippen LogP contribution in [0.15, 0.2) is 71.8 Å². The van der Waals surface area contributed by atoms with Gasteiger partial charge in [0.2, 0.25) is 5.96 Å². The number of hydrogen-bond acceptors (Lipinski definition) is 10. The summed E-state index contributed by atoms with van der Waals surface area (Å²) in [5, 5.41) is 27.6. The molecule has 5 rings (SSSR count). The van der Waals surface area contributed by atoms with E-state index in [0.717, 1.165) is 36.6 Å². The van der Waals surface area contributed by atoms with Crippen LogP contribution in [0.3, 0.4) is 0 Å². The Hall–Kier alpha value is -4.96. The van der Waals surface area contributed by atoms with Crippen LogP contribution in [-0.2, 0) is 20.8 Å². The van der Waals surface area contributed by atoms with Gasteiger partial charge in [0.15, 0.2) is 0 Å². The fourth-order valence-corrected chi connectivity index (χ4v) is 6.94. The minimum atomic E-state index is -3.57. The number of nitrogens with two attached hydrogens (primary N) is 1. The Morgan fingerprint density at radius 2 is 1.81 bits per heavy atom. The van der Waals surface area contributed by atoms with E-state index in [0.29, 0.717) is 30.0 Å². The average Bonchev–Trinajstić information content (AvgIpc) is 3.52. The smallest absolute Gasteiger partial charge is 0.320 e. The molecule has 0 bridgehead atoms. The molecular formula is C36H50N10O5S. The molecule has 6 N–H and O–H groups in total. The molecule has 4 atom stereocenters. The Morgan fingerprint density at radius 1 is 1.10 bits per heavy atom. The van der Waals surface area contributed by atoms with E-state index in [2.05, 4.69) is 39.5 Å². The molecule has 0 saturated carbocycles. The molecule has 1 aromatic carbocycles. The van der Waals surface area contributed by atoms with Crippen LogP contribution in [0.1, 0.15) is 83.1 Å². The zero-order chi connectivity index (χ0) is 37.6. The van der Waals surface area contributed by atoms with E-state index in [-0.39, 0.29) is 60.6 Å². The lowest BCUT2D eigenvalue weighted by atomic mass is 9.85. The summed E-state index contributed by atoms with van der Waals surface area (Å²) in [5.74, 6) is 1.05. The van der Waals surface area contributed by atoms with Crippen LogP contribution in [-0.4, -0.2) is 70.4 Å². The number of carbonyl (C=O) groups is 1. The standard InChI is InChI=1S/C36H50N10O5S/c1-23(2)30(37)19-34(41-26-20-40-44(21-26)17-18-50-52(5,48)49)43-36(47)42-31-14-15-32(29-12-7-6-11-28(29)31)51-27-13-16-33(38)45(22-27)35(39)46-24(3)9-8-10-25(46)4/h6-7,11-13,16,19-25,31-32,38-39H,8-10,14-15,17-18,37H2,1-5H3,(H2,41,42,43,47)/t24-,25+,31-,32?/m0/s1. The van der Waals surface area contributed by atoms with Gasteiger partial charge in [-0.2, -0.15) is 13.5 Å². The molecule has 280 valence electrons. The first-order chi connectivity index (χ1) is 24.7. The number of aliphatic imine (C=N–C) groups is 1. The first-order valence-electron chi connectivity index (χ1n) is 17.6. The number of rotatable bonds is 10. The van der Waals surface area contributed by atoms with Crippen molar-refractivity contribution in [2.45, 2.75) is 90.6 Å². The molecule has 52 heavy (non-hydrogen) atoms. The minimum Gasteiger partial charge on any atom is -0.484 e. The van der Waals surface area contributed by atoms with Crippen molar-refractivity contribution in [3.8, 4) is 5.75 Å². The summed E-state index contributed by atoms with van der Waals surface area (Å²) >= 11 is 0. The SMILES string of the molecule is CC(C)C(N)=CC(=Nc1cnn(CCOS(C)(=O)=O)c1)NC(=O)N[C@H]1CCC(Oc2ccc(=N)n(C(=N)N3[C@H](C)CCC[C@@H]3C)c2)c2ccccc21. The van der Waals surface area contributed by atoms with Crippen molar-refractivity contribution in [1.82, 2.24) is 29.9 Å². The molecule has 1 aliphatic carbocycles. The Labute approximate surface area is 305 Å². The third kappa shape index (κ3) is 9.88. The van der Waals surface area contributed by atoms with Crippen LogP contribution >= 0.6 is 0 Å². The fourth-order valence-electron chi connectivity index (χ4n) is 6.56. The third-order valence-corrected chi connectivity index (χ3v) is 9.90. The zero-order valence-corrected chi connectivity index (χ0v) is 31.2. The van der Waals surface area contributed by atoms with E-state index in [1.807, 2.05) is 38.1 Å². The number of nitrogens with one attached hydrogen (secondary N) is 4. The summed E-state index contributed by atoms with van der Waals surface area (Å²) in [6.07, 6.45) is 11.5. The van der Waals surface area contributed by atoms with Gasteiger partial charge in [-0.25, -0.2) is 9.79 Å². The van der Waals surface area contributed by atoms with Crippen LogP contribution in [0, 0.1) is 16.7 Å². The summed E-state index contributed by atoms with van der Waals surface area (Å²) in [7, 11) is -3.57. The topological polar surface area (TPSA) is 206 Å². The molecule has 2 amide bonds. The minimum absolute atomic E-state index is 0.00219. The fraction of sp³-hybridized carbons (Fsp3) is 0.472. The first-order valence-corrected chi connectivity index (χ1v) is 19.4. The number of likely N-dealkylation sites (tertiary alicyclic amines) is 1. The van der Waals surface area contributed by atoms with Gasteiger partial charge in [0.1, 0.15) is 28.9 Å². The highest BCUT2D eigenvalue weighted by Gasteiger charge is 2.31. The molecular weight excluding hydrogens is 685 g/mol. The maximum Gasteiger partial charge on any atom is 0.320 e. The molecule has 0 spiro atoms. The highest BCUT2D eigenvalue weighted by molar-refractivity contribution is 7.85. The lowest BCUT2D eigenvalue weighted by Crippen LogP contribution is -2.51. The van der Waals surface area contributed by atoms with Crippen LogP contribution in [0.5, 0.6) is 5.75 Å². The third-order valence-electron chi connectivity index (χ3n) is 9.31. The molecule has 16 heteroatoms. The number of allylic oxidation sites excluding steroid dienone is 1. The molecule has 2 aliphatic rings. The largest absolute Gasteiger partial charge is 0.484 e. The van der Waals surface area contributed by atoms with Crippen LogP contribution in [0.4, 0.5) is 10.5 Å². The molecule has 0 radical (unpaired) electrons. The van der Waals surface area contributed by atoms with Crippen molar-refractivity contribution in [2.75, 3.05) is 12.9 Å². The van der Waals surface area contributed by atoms with Crippen molar-refractivity contribution in [3.63, 3.8) is 0 Å². The Morgan fingerprint density at radius 3 is 2.50 bits per heavy atom. The molecule has 15 nitrogen and oxygen atoms in total. The van der Waals surface area contributed by atoms with Crippen molar-refractivity contribution < 1.29 is 22.1 Å². The molecule has 1 unspecified atom stereocenters. The average molecular weight is 735 g/mol. The second-order valence-corrected chi connectivity index (χ2v) is 15.4. The summed E-state index contributed by atoms with van der Waals surface area (Å²) in [6.45, 7) is 8.24. The number of amidine groups is 1. The molecule has 2 aromatic heterocycles. The van der Waals surface area contributed by atoms with Gasteiger partial charge in [0.25, 0.3) is 10.1 Å². The Bertz CT molecular complexity index is 1980. The van der Waals surface area contributed by atoms with E-state index in [1.165, 1.54) is 10.9 Å². The number of nitrogens with zero attached hydrogens (tertiary/aromatic N) is 5. The quantitative estimate of drug-likeness (QED) is 0.112. The van der Waals surface area contributed by atoms with Crippen molar-refractivity contribution >= 4 is 33.6 Å². The highest BCUT2D eigenvalue weighted by atomic mass is 32.2. The summed E-state index contributed by atoms with van der Waals surface area (Å²) in [6, 6.07) is 10.9. The van der Waals surface area contributed by atoms with Gasteiger partial charge in [0, 0.05) is 17.8 Å². The maximum atomic E-state index is 13.5. The van der Waals surface area contributed by atoms with Crippen LogP contribution < -0.4 is 26.6 Å². The van der Waals surface area contributed by atoms with Crippen molar-refractivity contribution in [1.29, 1.82) is 10.8 Å². The Kier molecular flexibility index (Phi) is 12.2. The number of hydrogen-bond donors (Lipinski definition) is 5. The number of urea groups is 1. The number of fused-ring (bicyclic) bond motifs is 1. The van der Waals surface area contributed by atoms with Gasteiger partial charge >= 0.3 is 6.03 Å². The van der Waals surface area contributed by atoms with Gasteiger partial charge in [-0.15, -0.1) is 0 Å². The monoisotopic (exact) mass is 734 g/mol. The number of carbonyl (C=O) groups excluding carboxylic acids is 1. The van der Waals surface area contributed by atoms with Crippen LogP contribution in [0.25, 0.3) is 0 Å². The van der Waals surface area contributed by atoms with Crippen molar-refractivity contribution in [2.24, 2.45) is 16.6 Å².